The van der Waals surface area contributed by atoms with E-state index in [1.54, 1.807) is 10.7 Å². The lowest BCUT2D eigenvalue weighted by molar-refractivity contribution is 0.0947. The van der Waals surface area contributed by atoms with Crippen LogP contribution in [-0.2, 0) is 6.54 Å². The molecule has 0 saturated heterocycles. The van der Waals surface area contributed by atoms with Crippen molar-refractivity contribution in [3.8, 4) is 5.88 Å². The number of nitrogens with zero attached hydrogens (tertiary/aromatic N) is 2. The van der Waals surface area contributed by atoms with Gasteiger partial charge in [-0.25, -0.2) is 4.68 Å². The fraction of sp³-hybridized carbons (Fsp3) is 0.273. The Morgan fingerprint density at radius 1 is 1.07 bits per heavy atom. The van der Waals surface area contributed by atoms with Gasteiger partial charge in [0.15, 0.2) is 5.69 Å². The van der Waals surface area contributed by atoms with Gasteiger partial charge in [-0.1, -0.05) is 60.7 Å². The Morgan fingerprint density at radius 3 is 2.37 bits per heavy atom. The molecule has 1 aromatic heterocycles. The smallest absolute Gasteiger partial charge is 0.271 e. The van der Waals surface area contributed by atoms with Gasteiger partial charge in [-0.2, -0.15) is 5.10 Å². The first kappa shape index (κ1) is 17.3. The van der Waals surface area contributed by atoms with E-state index in [1.165, 1.54) is 11.1 Å². The quantitative estimate of drug-likeness (QED) is 0.730. The highest BCUT2D eigenvalue weighted by Crippen LogP contribution is 2.27. The third-order valence-electron chi connectivity index (χ3n) is 4.86. The topological polar surface area (TPSA) is 56.2 Å². The summed E-state index contributed by atoms with van der Waals surface area (Å²) in [7, 11) is 0. The highest BCUT2D eigenvalue weighted by molar-refractivity contribution is 5.92. The highest BCUT2D eigenvalue weighted by Gasteiger charge is 2.19. The number of nitrogens with one attached hydrogen (secondary N) is 1. The second kappa shape index (κ2) is 8.08. The summed E-state index contributed by atoms with van der Waals surface area (Å²) in [4.78, 5) is 12.5. The van der Waals surface area contributed by atoms with Crippen LogP contribution in [0.25, 0.3) is 0 Å². The maximum absolute atomic E-state index is 12.5. The number of amides is 1. The Morgan fingerprint density at radius 2 is 1.74 bits per heavy atom. The lowest BCUT2D eigenvalue weighted by Crippen LogP contribution is -2.26. The molecule has 5 nitrogen and oxygen atoms in total. The molecule has 0 unspecified atom stereocenters. The molecular weight excluding hydrogens is 338 g/mol. The van der Waals surface area contributed by atoms with E-state index in [4.69, 9.17) is 4.74 Å². The van der Waals surface area contributed by atoms with E-state index >= 15 is 0 Å². The molecule has 2 heterocycles. The molecule has 0 saturated carbocycles. The van der Waals surface area contributed by atoms with Crippen LogP contribution in [0.2, 0.25) is 0 Å². The molecule has 1 N–H and O–H groups in total. The second-order valence-corrected chi connectivity index (χ2v) is 6.71. The minimum absolute atomic E-state index is 0.152. The van der Waals surface area contributed by atoms with Gasteiger partial charge in [0, 0.05) is 31.5 Å². The summed E-state index contributed by atoms with van der Waals surface area (Å²) >= 11 is 0. The van der Waals surface area contributed by atoms with Crippen LogP contribution < -0.4 is 10.1 Å². The Labute approximate surface area is 159 Å². The first-order valence-corrected chi connectivity index (χ1v) is 9.40. The number of hydrogen-bond donors (Lipinski definition) is 1. The molecule has 3 aromatic rings. The van der Waals surface area contributed by atoms with Crippen LogP contribution in [0, 0.1) is 0 Å². The molecule has 4 rings (SSSR count). The minimum atomic E-state index is -0.152. The molecule has 2 aromatic carbocycles. The van der Waals surface area contributed by atoms with E-state index in [2.05, 4.69) is 58.9 Å². The summed E-state index contributed by atoms with van der Waals surface area (Å²) in [6, 6.07) is 22.5. The maximum atomic E-state index is 12.5. The molecule has 1 aliphatic heterocycles. The second-order valence-electron chi connectivity index (χ2n) is 6.71. The molecule has 1 amide bonds. The number of benzene rings is 2. The Kier molecular flexibility index (Phi) is 5.19. The van der Waals surface area contributed by atoms with Crippen LogP contribution in [0.5, 0.6) is 5.88 Å². The molecular formula is C22H23N3O2. The Hall–Kier alpha value is -3.08. The molecule has 0 radical (unpaired) electrons. The van der Waals surface area contributed by atoms with Crippen molar-refractivity contribution in [1.82, 2.24) is 15.1 Å². The van der Waals surface area contributed by atoms with E-state index in [1.807, 2.05) is 12.1 Å². The van der Waals surface area contributed by atoms with Crippen molar-refractivity contribution < 1.29 is 9.53 Å². The molecule has 5 heteroatoms. The fourth-order valence-corrected chi connectivity index (χ4v) is 3.50. The van der Waals surface area contributed by atoms with Crippen LogP contribution >= 0.6 is 0 Å². The molecule has 0 bridgehead atoms. The zero-order chi connectivity index (χ0) is 18.5. The number of carbonyl (C=O) groups excluding carboxylic acids is 1. The molecule has 0 aliphatic carbocycles. The van der Waals surface area contributed by atoms with Gasteiger partial charge >= 0.3 is 0 Å². The zero-order valence-electron chi connectivity index (χ0n) is 15.2. The first-order chi connectivity index (χ1) is 13.3. The summed E-state index contributed by atoms with van der Waals surface area (Å²) in [5, 5.41) is 7.35. The van der Waals surface area contributed by atoms with E-state index in [0.29, 0.717) is 24.7 Å². The van der Waals surface area contributed by atoms with Crippen molar-refractivity contribution in [1.29, 1.82) is 0 Å². The molecule has 0 atom stereocenters. The molecule has 0 fully saturated rings. The monoisotopic (exact) mass is 361 g/mol. The average Bonchev–Trinajstić information content (AvgIpc) is 3.17. The van der Waals surface area contributed by atoms with Gasteiger partial charge in [-0.3, -0.25) is 4.79 Å². The highest BCUT2D eigenvalue weighted by atomic mass is 16.5. The van der Waals surface area contributed by atoms with Crippen molar-refractivity contribution in [2.24, 2.45) is 0 Å². The molecule has 27 heavy (non-hydrogen) atoms. The number of aryl methyl sites for hydroxylation is 1. The van der Waals surface area contributed by atoms with E-state index in [0.717, 1.165) is 19.4 Å². The van der Waals surface area contributed by atoms with Crippen LogP contribution in [-0.4, -0.2) is 28.8 Å². The van der Waals surface area contributed by atoms with E-state index in [-0.39, 0.29) is 11.8 Å². The van der Waals surface area contributed by atoms with Gasteiger partial charge < -0.3 is 10.1 Å². The lowest BCUT2D eigenvalue weighted by atomic mass is 9.88. The van der Waals surface area contributed by atoms with Crippen LogP contribution in [0.3, 0.4) is 0 Å². The van der Waals surface area contributed by atoms with Crippen molar-refractivity contribution in [2.45, 2.75) is 25.3 Å². The van der Waals surface area contributed by atoms with Crippen molar-refractivity contribution in [3.63, 3.8) is 0 Å². The standard InChI is InChI=1S/C22H23N3O2/c26-22(20-16-21-25(24-20)14-7-15-27-21)23-13-12-19(17-8-3-1-4-9-17)18-10-5-2-6-11-18/h1-6,8-11,16,19H,7,12-15H2,(H,23,26). The maximum Gasteiger partial charge on any atom is 0.271 e. The zero-order valence-corrected chi connectivity index (χ0v) is 15.2. The van der Waals surface area contributed by atoms with Gasteiger partial charge in [0.05, 0.1) is 6.61 Å². The third-order valence-corrected chi connectivity index (χ3v) is 4.86. The van der Waals surface area contributed by atoms with E-state index in [9.17, 15) is 4.79 Å². The largest absolute Gasteiger partial charge is 0.478 e. The molecule has 138 valence electrons. The Balaban J connectivity index is 1.42. The molecule has 1 aliphatic rings. The summed E-state index contributed by atoms with van der Waals surface area (Å²) in [6.45, 7) is 2.06. The van der Waals surface area contributed by atoms with Crippen LogP contribution in [0.15, 0.2) is 66.7 Å². The van der Waals surface area contributed by atoms with Gasteiger partial charge in [0.25, 0.3) is 5.91 Å². The predicted octanol–water partition coefficient (Wildman–Crippen LogP) is 3.62. The summed E-state index contributed by atoms with van der Waals surface area (Å²) in [5.74, 6) is 0.768. The lowest BCUT2D eigenvalue weighted by Gasteiger charge is -2.18. The van der Waals surface area contributed by atoms with Gasteiger partial charge in [-0.15, -0.1) is 0 Å². The number of rotatable bonds is 6. The summed E-state index contributed by atoms with van der Waals surface area (Å²) in [5.41, 5.74) is 2.93. The van der Waals surface area contributed by atoms with Crippen molar-refractivity contribution in [2.75, 3.05) is 13.2 Å². The van der Waals surface area contributed by atoms with Gasteiger partial charge in [-0.05, 0) is 17.5 Å². The van der Waals surface area contributed by atoms with Gasteiger partial charge in [0.2, 0.25) is 5.88 Å². The number of ether oxygens (including phenoxy) is 1. The van der Waals surface area contributed by atoms with Crippen LogP contribution in [0.4, 0.5) is 0 Å². The van der Waals surface area contributed by atoms with Gasteiger partial charge in [0.1, 0.15) is 0 Å². The number of carbonyl (C=O) groups is 1. The summed E-state index contributed by atoms with van der Waals surface area (Å²) < 4.78 is 7.29. The average molecular weight is 361 g/mol. The fourth-order valence-electron chi connectivity index (χ4n) is 3.50. The van der Waals surface area contributed by atoms with E-state index < -0.39 is 0 Å². The number of aromatic nitrogens is 2. The normalized spacial score (nSPS) is 13.1. The van der Waals surface area contributed by atoms with Crippen LogP contribution in [0.1, 0.15) is 40.4 Å². The van der Waals surface area contributed by atoms with Crippen molar-refractivity contribution in [3.05, 3.63) is 83.6 Å². The molecule has 0 spiro atoms. The van der Waals surface area contributed by atoms with Crippen molar-refractivity contribution >= 4 is 5.91 Å². The minimum Gasteiger partial charge on any atom is -0.478 e. The number of hydrogen-bond acceptors (Lipinski definition) is 3. The number of fused-ring (bicyclic) bond motifs is 1. The predicted molar refractivity (Wildman–Crippen MR) is 104 cm³/mol. The Bertz CT molecular complexity index is 827. The third kappa shape index (κ3) is 4.03. The SMILES string of the molecule is O=C(NCCC(c1ccccc1)c1ccccc1)c1cc2n(n1)CCCO2. The summed E-state index contributed by atoms with van der Waals surface area (Å²) in [6.07, 6.45) is 1.75. The first-order valence-electron chi connectivity index (χ1n) is 9.40.